The Morgan fingerprint density at radius 1 is 1.24 bits per heavy atom. The fraction of sp³-hybridized carbons (Fsp3) is 0.375. The Kier molecular flexibility index (Phi) is 4.40. The monoisotopic (exact) mass is 286 g/mol. The van der Waals surface area contributed by atoms with Crippen molar-refractivity contribution in [2.75, 3.05) is 18.0 Å². The van der Waals surface area contributed by atoms with E-state index in [0.29, 0.717) is 12.6 Å². The summed E-state index contributed by atoms with van der Waals surface area (Å²) in [5.41, 5.74) is 0.975. The zero-order valence-corrected chi connectivity index (χ0v) is 11.9. The predicted octanol–water partition coefficient (Wildman–Crippen LogP) is 2.37. The summed E-state index contributed by atoms with van der Waals surface area (Å²) in [6.07, 6.45) is 5.77. The summed E-state index contributed by atoms with van der Waals surface area (Å²) in [7, 11) is 0. The molecule has 1 unspecified atom stereocenters. The predicted molar refractivity (Wildman–Crippen MR) is 80.5 cm³/mol. The van der Waals surface area contributed by atoms with Gasteiger partial charge >= 0.3 is 0 Å². The maximum atomic E-state index is 13.2. The fourth-order valence-electron chi connectivity index (χ4n) is 2.69. The first kappa shape index (κ1) is 13.9. The molecule has 3 rings (SSSR count). The smallest absolute Gasteiger partial charge is 0.225 e. The molecule has 1 atom stereocenters. The lowest BCUT2D eigenvalue weighted by Gasteiger charge is -2.33. The SMILES string of the molecule is Fc1cccc(CNC2CCCN(c3ncccn3)C2)c1. The van der Waals surface area contributed by atoms with Crippen molar-refractivity contribution in [3.8, 4) is 0 Å². The van der Waals surface area contributed by atoms with E-state index in [1.54, 1.807) is 24.5 Å². The molecular formula is C16H19FN4. The highest BCUT2D eigenvalue weighted by molar-refractivity contribution is 5.29. The molecule has 1 saturated heterocycles. The van der Waals surface area contributed by atoms with E-state index in [9.17, 15) is 4.39 Å². The normalized spacial score (nSPS) is 18.7. The molecule has 1 aromatic heterocycles. The third-order valence-corrected chi connectivity index (χ3v) is 3.74. The van der Waals surface area contributed by atoms with Gasteiger partial charge in [-0.1, -0.05) is 12.1 Å². The van der Waals surface area contributed by atoms with Crippen LogP contribution in [0.25, 0.3) is 0 Å². The van der Waals surface area contributed by atoms with E-state index in [2.05, 4.69) is 20.2 Å². The van der Waals surface area contributed by atoms with Crippen molar-refractivity contribution in [1.82, 2.24) is 15.3 Å². The molecule has 21 heavy (non-hydrogen) atoms. The van der Waals surface area contributed by atoms with Crippen molar-refractivity contribution in [3.05, 3.63) is 54.1 Å². The molecule has 2 heterocycles. The van der Waals surface area contributed by atoms with Crippen molar-refractivity contribution in [3.63, 3.8) is 0 Å². The van der Waals surface area contributed by atoms with Crippen LogP contribution < -0.4 is 10.2 Å². The number of nitrogens with one attached hydrogen (secondary N) is 1. The van der Waals surface area contributed by atoms with Crippen LogP contribution in [-0.2, 0) is 6.54 Å². The second kappa shape index (κ2) is 6.63. The Labute approximate surface area is 124 Å². The highest BCUT2D eigenvalue weighted by Gasteiger charge is 2.21. The summed E-state index contributed by atoms with van der Waals surface area (Å²) >= 11 is 0. The number of aromatic nitrogens is 2. The number of anilines is 1. The van der Waals surface area contributed by atoms with Gasteiger partial charge in [0, 0.05) is 38.1 Å². The fourth-order valence-corrected chi connectivity index (χ4v) is 2.69. The number of piperidine rings is 1. The average Bonchev–Trinajstić information content (AvgIpc) is 2.54. The topological polar surface area (TPSA) is 41.0 Å². The highest BCUT2D eigenvalue weighted by atomic mass is 19.1. The van der Waals surface area contributed by atoms with Gasteiger partial charge in [0.05, 0.1) is 0 Å². The van der Waals surface area contributed by atoms with Crippen LogP contribution in [0.5, 0.6) is 0 Å². The number of nitrogens with zero attached hydrogens (tertiary/aromatic N) is 3. The van der Waals surface area contributed by atoms with Gasteiger partial charge in [-0.2, -0.15) is 0 Å². The Balaban J connectivity index is 1.57. The van der Waals surface area contributed by atoms with E-state index in [0.717, 1.165) is 37.4 Å². The lowest BCUT2D eigenvalue weighted by atomic mass is 10.1. The quantitative estimate of drug-likeness (QED) is 0.937. The molecule has 2 aromatic rings. The molecule has 0 spiro atoms. The van der Waals surface area contributed by atoms with E-state index in [1.807, 2.05) is 12.1 Å². The first-order valence-electron chi connectivity index (χ1n) is 7.31. The van der Waals surface area contributed by atoms with Crippen LogP contribution in [-0.4, -0.2) is 29.1 Å². The first-order chi connectivity index (χ1) is 10.3. The maximum Gasteiger partial charge on any atom is 0.225 e. The second-order valence-corrected chi connectivity index (χ2v) is 5.34. The Bertz CT molecular complexity index is 575. The van der Waals surface area contributed by atoms with Gasteiger partial charge < -0.3 is 10.2 Å². The summed E-state index contributed by atoms with van der Waals surface area (Å²) in [6.45, 7) is 2.56. The summed E-state index contributed by atoms with van der Waals surface area (Å²) in [5.74, 6) is 0.604. The van der Waals surface area contributed by atoms with Crippen molar-refractivity contribution in [2.24, 2.45) is 0 Å². The molecular weight excluding hydrogens is 267 g/mol. The van der Waals surface area contributed by atoms with E-state index < -0.39 is 0 Å². The molecule has 0 saturated carbocycles. The molecule has 5 heteroatoms. The molecule has 1 fully saturated rings. The highest BCUT2D eigenvalue weighted by Crippen LogP contribution is 2.15. The summed E-state index contributed by atoms with van der Waals surface area (Å²) in [6, 6.07) is 8.94. The molecule has 0 radical (unpaired) electrons. The Morgan fingerprint density at radius 3 is 2.90 bits per heavy atom. The lowest BCUT2D eigenvalue weighted by Crippen LogP contribution is -2.46. The van der Waals surface area contributed by atoms with E-state index in [-0.39, 0.29) is 5.82 Å². The molecule has 1 N–H and O–H groups in total. The van der Waals surface area contributed by atoms with Gasteiger partial charge in [-0.15, -0.1) is 0 Å². The van der Waals surface area contributed by atoms with Crippen LogP contribution in [0.2, 0.25) is 0 Å². The minimum absolute atomic E-state index is 0.183. The van der Waals surface area contributed by atoms with Gasteiger partial charge in [-0.3, -0.25) is 0 Å². The summed E-state index contributed by atoms with van der Waals surface area (Å²) < 4.78 is 13.2. The standard InChI is InChI=1S/C16H19FN4/c17-14-5-1-4-13(10-14)11-20-15-6-2-9-21(12-15)16-18-7-3-8-19-16/h1,3-5,7-8,10,15,20H,2,6,9,11-12H2. The number of rotatable bonds is 4. The van der Waals surface area contributed by atoms with Crippen LogP contribution in [0, 0.1) is 5.82 Å². The van der Waals surface area contributed by atoms with Crippen molar-refractivity contribution >= 4 is 5.95 Å². The van der Waals surface area contributed by atoms with E-state index >= 15 is 0 Å². The molecule has 110 valence electrons. The number of hydrogen-bond donors (Lipinski definition) is 1. The van der Waals surface area contributed by atoms with Crippen molar-refractivity contribution in [2.45, 2.75) is 25.4 Å². The van der Waals surface area contributed by atoms with Gasteiger partial charge in [-0.25, -0.2) is 14.4 Å². The van der Waals surface area contributed by atoms with Crippen LogP contribution in [0.15, 0.2) is 42.7 Å². The molecule has 0 bridgehead atoms. The zero-order chi connectivity index (χ0) is 14.5. The molecule has 1 aliphatic rings. The number of hydrogen-bond acceptors (Lipinski definition) is 4. The van der Waals surface area contributed by atoms with Crippen LogP contribution in [0.1, 0.15) is 18.4 Å². The maximum absolute atomic E-state index is 13.2. The van der Waals surface area contributed by atoms with Gasteiger partial charge in [0.2, 0.25) is 5.95 Å². The zero-order valence-electron chi connectivity index (χ0n) is 11.9. The minimum atomic E-state index is -0.183. The van der Waals surface area contributed by atoms with Crippen LogP contribution in [0.3, 0.4) is 0 Å². The van der Waals surface area contributed by atoms with Gasteiger partial charge in [0.1, 0.15) is 5.82 Å². The molecule has 1 aliphatic heterocycles. The Morgan fingerprint density at radius 2 is 2.10 bits per heavy atom. The molecule has 1 aromatic carbocycles. The number of halogens is 1. The van der Waals surface area contributed by atoms with E-state index in [1.165, 1.54) is 6.07 Å². The van der Waals surface area contributed by atoms with E-state index in [4.69, 9.17) is 0 Å². The van der Waals surface area contributed by atoms with Gasteiger partial charge in [0.25, 0.3) is 0 Å². The molecule has 0 amide bonds. The van der Waals surface area contributed by atoms with Gasteiger partial charge in [0.15, 0.2) is 0 Å². The third-order valence-electron chi connectivity index (χ3n) is 3.74. The third kappa shape index (κ3) is 3.76. The Hall–Kier alpha value is -2.01. The van der Waals surface area contributed by atoms with Crippen LogP contribution >= 0.6 is 0 Å². The average molecular weight is 286 g/mol. The summed E-state index contributed by atoms with van der Waals surface area (Å²) in [5, 5.41) is 3.50. The van der Waals surface area contributed by atoms with Crippen molar-refractivity contribution in [1.29, 1.82) is 0 Å². The lowest BCUT2D eigenvalue weighted by molar-refractivity contribution is 0.418. The largest absolute Gasteiger partial charge is 0.339 e. The molecule has 4 nitrogen and oxygen atoms in total. The molecule has 0 aliphatic carbocycles. The van der Waals surface area contributed by atoms with Crippen molar-refractivity contribution < 1.29 is 4.39 Å². The minimum Gasteiger partial charge on any atom is -0.339 e. The second-order valence-electron chi connectivity index (χ2n) is 5.34. The first-order valence-corrected chi connectivity index (χ1v) is 7.31. The number of benzene rings is 1. The van der Waals surface area contributed by atoms with Crippen LogP contribution in [0.4, 0.5) is 10.3 Å². The van der Waals surface area contributed by atoms with Gasteiger partial charge in [-0.05, 0) is 36.6 Å². The summed E-state index contributed by atoms with van der Waals surface area (Å²) in [4.78, 5) is 10.8.